The van der Waals surface area contributed by atoms with Crippen molar-refractivity contribution in [3.8, 4) is 0 Å². The summed E-state index contributed by atoms with van der Waals surface area (Å²) < 4.78 is 0. The SMILES string of the molecule is CCCSCC(N)CC(C)CCC. The Morgan fingerprint density at radius 3 is 2.46 bits per heavy atom. The third kappa shape index (κ3) is 8.63. The van der Waals surface area contributed by atoms with Gasteiger partial charge in [0.05, 0.1) is 0 Å². The van der Waals surface area contributed by atoms with Gasteiger partial charge in [-0.2, -0.15) is 11.8 Å². The Morgan fingerprint density at radius 2 is 1.92 bits per heavy atom. The van der Waals surface area contributed by atoms with Gasteiger partial charge >= 0.3 is 0 Å². The maximum atomic E-state index is 6.02. The van der Waals surface area contributed by atoms with E-state index in [0.717, 1.165) is 11.7 Å². The van der Waals surface area contributed by atoms with Crippen LogP contribution in [0.5, 0.6) is 0 Å². The van der Waals surface area contributed by atoms with E-state index in [2.05, 4.69) is 20.8 Å². The minimum atomic E-state index is 0.415. The molecule has 2 N–H and O–H groups in total. The monoisotopic (exact) mass is 203 g/mol. The standard InChI is InChI=1S/C11H25NS/c1-4-6-10(3)8-11(12)9-13-7-5-2/h10-11H,4-9,12H2,1-3H3. The minimum absolute atomic E-state index is 0.415. The van der Waals surface area contributed by atoms with Crippen LogP contribution in [-0.4, -0.2) is 17.5 Å². The lowest BCUT2D eigenvalue weighted by Crippen LogP contribution is -2.25. The highest BCUT2D eigenvalue weighted by Crippen LogP contribution is 2.14. The van der Waals surface area contributed by atoms with Crippen LogP contribution in [0.25, 0.3) is 0 Å². The Hall–Kier alpha value is 0.310. The van der Waals surface area contributed by atoms with E-state index in [1.807, 2.05) is 11.8 Å². The predicted octanol–water partition coefficient (Wildman–Crippen LogP) is 3.28. The number of rotatable bonds is 8. The molecule has 0 aromatic carbocycles. The van der Waals surface area contributed by atoms with Crippen LogP contribution in [0.2, 0.25) is 0 Å². The zero-order valence-corrected chi connectivity index (χ0v) is 10.2. The summed E-state index contributed by atoms with van der Waals surface area (Å²) in [5.41, 5.74) is 6.02. The number of thioether (sulfide) groups is 1. The smallest absolute Gasteiger partial charge is 0.0132 e. The number of hydrogen-bond donors (Lipinski definition) is 1. The van der Waals surface area contributed by atoms with E-state index in [1.54, 1.807) is 0 Å². The molecule has 0 aliphatic rings. The van der Waals surface area contributed by atoms with Gasteiger partial charge in [0, 0.05) is 11.8 Å². The second-order valence-electron chi connectivity index (χ2n) is 3.96. The van der Waals surface area contributed by atoms with Crippen molar-refractivity contribution in [3.63, 3.8) is 0 Å². The molecule has 2 atom stereocenters. The summed E-state index contributed by atoms with van der Waals surface area (Å²) in [6, 6.07) is 0.415. The fourth-order valence-electron chi connectivity index (χ4n) is 1.57. The van der Waals surface area contributed by atoms with Crippen molar-refractivity contribution in [3.05, 3.63) is 0 Å². The molecule has 0 spiro atoms. The zero-order valence-electron chi connectivity index (χ0n) is 9.38. The Labute approximate surface area is 87.9 Å². The highest BCUT2D eigenvalue weighted by atomic mass is 32.2. The van der Waals surface area contributed by atoms with Gasteiger partial charge in [0.1, 0.15) is 0 Å². The maximum Gasteiger partial charge on any atom is 0.0132 e. The zero-order chi connectivity index (χ0) is 10.1. The van der Waals surface area contributed by atoms with Crippen molar-refractivity contribution >= 4 is 11.8 Å². The molecule has 0 bridgehead atoms. The van der Waals surface area contributed by atoms with Crippen molar-refractivity contribution in [1.82, 2.24) is 0 Å². The predicted molar refractivity (Wildman–Crippen MR) is 64.3 cm³/mol. The van der Waals surface area contributed by atoms with E-state index in [0.29, 0.717) is 6.04 Å². The molecular formula is C11H25NS. The molecule has 0 rings (SSSR count). The Balaban J connectivity index is 3.32. The molecule has 0 aliphatic heterocycles. The Morgan fingerprint density at radius 1 is 1.23 bits per heavy atom. The van der Waals surface area contributed by atoms with Crippen LogP contribution in [0.4, 0.5) is 0 Å². The van der Waals surface area contributed by atoms with Gasteiger partial charge in [0.2, 0.25) is 0 Å². The average molecular weight is 203 g/mol. The number of nitrogens with two attached hydrogens (primary N) is 1. The highest BCUT2D eigenvalue weighted by molar-refractivity contribution is 7.99. The first-order valence-corrected chi connectivity index (χ1v) is 6.69. The van der Waals surface area contributed by atoms with Crippen LogP contribution < -0.4 is 5.73 Å². The van der Waals surface area contributed by atoms with Crippen LogP contribution in [0.1, 0.15) is 46.5 Å². The van der Waals surface area contributed by atoms with Crippen LogP contribution in [-0.2, 0) is 0 Å². The summed E-state index contributed by atoms with van der Waals surface area (Å²) in [4.78, 5) is 0. The largest absolute Gasteiger partial charge is 0.327 e. The van der Waals surface area contributed by atoms with E-state index in [9.17, 15) is 0 Å². The van der Waals surface area contributed by atoms with Crippen LogP contribution in [0, 0.1) is 5.92 Å². The van der Waals surface area contributed by atoms with E-state index < -0.39 is 0 Å². The molecule has 0 aliphatic carbocycles. The van der Waals surface area contributed by atoms with Crippen LogP contribution in [0.3, 0.4) is 0 Å². The van der Waals surface area contributed by atoms with Crippen molar-refractivity contribution in [2.45, 2.75) is 52.5 Å². The molecule has 0 aromatic rings. The molecule has 80 valence electrons. The van der Waals surface area contributed by atoms with Crippen molar-refractivity contribution in [2.75, 3.05) is 11.5 Å². The van der Waals surface area contributed by atoms with Crippen LogP contribution >= 0.6 is 11.8 Å². The molecule has 0 radical (unpaired) electrons. The first-order chi connectivity index (χ1) is 6.20. The molecule has 0 amide bonds. The molecule has 13 heavy (non-hydrogen) atoms. The first kappa shape index (κ1) is 13.3. The summed E-state index contributed by atoms with van der Waals surface area (Å²) in [5.74, 6) is 3.21. The van der Waals surface area contributed by atoms with Gasteiger partial charge in [0.25, 0.3) is 0 Å². The minimum Gasteiger partial charge on any atom is -0.327 e. The van der Waals surface area contributed by atoms with Gasteiger partial charge in [-0.15, -0.1) is 0 Å². The molecular weight excluding hydrogens is 178 g/mol. The fraction of sp³-hybridized carbons (Fsp3) is 1.00. The first-order valence-electron chi connectivity index (χ1n) is 5.54. The summed E-state index contributed by atoms with van der Waals surface area (Å²) in [6.45, 7) is 6.78. The molecule has 0 saturated carbocycles. The van der Waals surface area contributed by atoms with Gasteiger partial charge in [-0.25, -0.2) is 0 Å². The number of hydrogen-bond acceptors (Lipinski definition) is 2. The van der Waals surface area contributed by atoms with Crippen molar-refractivity contribution in [2.24, 2.45) is 11.7 Å². The summed E-state index contributed by atoms with van der Waals surface area (Å²) in [5, 5.41) is 0. The third-order valence-corrected chi connectivity index (χ3v) is 3.53. The van der Waals surface area contributed by atoms with E-state index in [1.165, 1.54) is 31.4 Å². The molecule has 2 unspecified atom stereocenters. The van der Waals surface area contributed by atoms with Crippen molar-refractivity contribution < 1.29 is 0 Å². The van der Waals surface area contributed by atoms with Gasteiger partial charge in [0.15, 0.2) is 0 Å². The normalized spacial score (nSPS) is 15.7. The van der Waals surface area contributed by atoms with Gasteiger partial charge in [-0.1, -0.05) is 33.6 Å². The quantitative estimate of drug-likeness (QED) is 0.613. The highest BCUT2D eigenvalue weighted by Gasteiger charge is 2.07. The van der Waals surface area contributed by atoms with Gasteiger partial charge < -0.3 is 5.73 Å². The van der Waals surface area contributed by atoms with Crippen LogP contribution in [0.15, 0.2) is 0 Å². The molecule has 0 aromatic heterocycles. The average Bonchev–Trinajstić information content (AvgIpc) is 2.05. The second-order valence-corrected chi connectivity index (χ2v) is 5.11. The lowest BCUT2D eigenvalue weighted by molar-refractivity contribution is 0.450. The molecule has 0 saturated heterocycles. The van der Waals surface area contributed by atoms with Gasteiger partial charge in [-0.3, -0.25) is 0 Å². The lowest BCUT2D eigenvalue weighted by atomic mass is 9.99. The summed E-state index contributed by atoms with van der Waals surface area (Å²) in [6.07, 6.45) is 5.08. The Kier molecular flexibility index (Phi) is 9.10. The maximum absolute atomic E-state index is 6.02. The van der Waals surface area contributed by atoms with Gasteiger partial charge in [-0.05, 0) is 24.5 Å². The summed E-state index contributed by atoms with van der Waals surface area (Å²) >= 11 is 2.00. The molecule has 0 fully saturated rings. The Bertz CT molecular complexity index is 106. The molecule has 0 heterocycles. The topological polar surface area (TPSA) is 26.0 Å². The summed E-state index contributed by atoms with van der Waals surface area (Å²) in [7, 11) is 0. The second kappa shape index (κ2) is 8.89. The fourth-order valence-corrected chi connectivity index (χ4v) is 2.47. The van der Waals surface area contributed by atoms with Crippen molar-refractivity contribution in [1.29, 1.82) is 0 Å². The van der Waals surface area contributed by atoms with E-state index >= 15 is 0 Å². The third-order valence-electron chi connectivity index (χ3n) is 2.17. The van der Waals surface area contributed by atoms with E-state index in [-0.39, 0.29) is 0 Å². The molecule has 1 nitrogen and oxygen atoms in total. The van der Waals surface area contributed by atoms with E-state index in [4.69, 9.17) is 5.73 Å². The molecule has 2 heteroatoms. The lowest BCUT2D eigenvalue weighted by Gasteiger charge is -2.16.